The second-order valence-corrected chi connectivity index (χ2v) is 4.34. The number of aryl methyl sites for hydroxylation is 1. The van der Waals surface area contributed by atoms with Crippen molar-refractivity contribution in [3.8, 4) is 0 Å². The molecule has 2 aromatic rings. The molecule has 0 aliphatic carbocycles. The van der Waals surface area contributed by atoms with Crippen molar-refractivity contribution in [2.24, 2.45) is 0 Å². The van der Waals surface area contributed by atoms with E-state index < -0.39 is 0 Å². The molecule has 98 valence electrons. The molecule has 0 spiro atoms. The fraction of sp³-hybridized carbons (Fsp3) is 0.200. The summed E-state index contributed by atoms with van der Waals surface area (Å²) >= 11 is 0. The summed E-state index contributed by atoms with van der Waals surface area (Å²) in [6, 6.07) is 10.6. The maximum absolute atomic E-state index is 11.9. The van der Waals surface area contributed by atoms with Crippen molar-refractivity contribution < 1.29 is 4.79 Å². The summed E-state index contributed by atoms with van der Waals surface area (Å²) in [6.45, 7) is 2.13. The van der Waals surface area contributed by atoms with Gasteiger partial charge >= 0.3 is 0 Å². The van der Waals surface area contributed by atoms with Crippen LogP contribution < -0.4 is 10.9 Å². The minimum atomic E-state index is -0.286. The zero-order chi connectivity index (χ0) is 13.7. The van der Waals surface area contributed by atoms with Crippen molar-refractivity contribution >= 4 is 11.6 Å². The van der Waals surface area contributed by atoms with Crippen LogP contribution >= 0.6 is 0 Å². The van der Waals surface area contributed by atoms with Gasteiger partial charge in [0.1, 0.15) is 0 Å². The fourth-order valence-corrected chi connectivity index (χ4v) is 1.83. The number of amides is 1. The van der Waals surface area contributed by atoms with Gasteiger partial charge in [0.25, 0.3) is 5.91 Å². The summed E-state index contributed by atoms with van der Waals surface area (Å²) in [5.41, 5.74) is 2.04. The Kier molecular flexibility index (Phi) is 4.13. The molecule has 1 aromatic carbocycles. The van der Waals surface area contributed by atoms with E-state index in [1.807, 2.05) is 24.3 Å². The zero-order valence-corrected chi connectivity index (χ0v) is 10.8. The van der Waals surface area contributed by atoms with Crippen LogP contribution in [-0.2, 0) is 6.42 Å². The molecule has 1 amide bonds. The first-order chi connectivity index (χ1) is 9.19. The van der Waals surface area contributed by atoms with E-state index in [4.69, 9.17) is 0 Å². The summed E-state index contributed by atoms with van der Waals surface area (Å²) in [5.74, 6) is -0.283. The first-order valence-electron chi connectivity index (χ1n) is 6.28. The van der Waals surface area contributed by atoms with E-state index in [0.29, 0.717) is 5.56 Å². The third-order valence-electron chi connectivity index (χ3n) is 2.79. The Hall–Kier alpha value is -2.36. The predicted octanol–water partition coefficient (Wildman–Crippen LogP) is 2.58. The van der Waals surface area contributed by atoms with E-state index in [1.54, 1.807) is 6.07 Å². The summed E-state index contributed by atoms with van der Waals surface area (Å²) in [6.07, 6.45) is 3.59. The van der Waals surface area contributed by atoms with Gasteiger partial charge in [-0.1, -0.05) is 25.5 Å². The maximum atomic E-state index is 11.9. The molecule has 2 rings (SSSR count). The van der Waals surface area contributed by atoms with Crippen molar-refractivity contribution in [1.29, 1.82) is 0 Å². The SMILES string of the molecule is CCCc1ccc(NC(=O)c2cc[nH]c(=O)c2)cc1. The smallest absolute Gasteiger partial charge is 0.255 e. The molecule has 0 saturated heterocycles. The van der Waals surface area contributed by atoms with Gasteiger partial charge in [0, 0.05) is 23.5 Å². The number of pyridine rings is 1. The molecule has 0 saturated carbocycles. The molecule has 1 heterocycles. The molecule has 0 radical (unpaired) electrons. The summed E-state index contributed by atoms with van der Waals surface area (Å²) in [5, 5.41) is 2.76. The molecule has 1 aromatic heterocycles. The van der Waals surface area contributed by atoms with E-state index in [2.05, 4.69) is 17.2 Å². The number of hydrogen-bond acceptors (Lipinski definition) is 2. The van der Waals surface area contributed by atoms with Crippen molar-refractivity contribution in [1.82, 2.24) is 4.98 Å². The monoisotopic (exact) mass is 256 g/mol. The lowest BCUT2D eigenvalue weighted by Crippen LogP contribution is -2.15. The average molecular weight is 256 g/mol. The number of hydrogen-bond donors (Lipinski definition) is 2. The maximum Gasteiger partial charge on any atom is 0.255 e. The third-order valence-corrected chi connectivity index (χ3v) is 2.79. The normalized spacial score (nSPS) is 10.2. The molecule has 0 bridgehead atoms. The standard InChI is InChI=1S/C15H16N2O2/c1-2-3-11-4-6-13(7-5-11)17-15(19)12-8-9-16-14(18)10-12/h4-10H,2-3H2,1H3,(H,16,18)(H,17,19). The van der Waals surface area contributed by atoms with Gasteiger partial charge < -0.3 is 10.3 Å². The number of rotatable bonds is 4. The molecule has 19 heavy (non-hydrogen) atoms. The van der Waals surface area contributed by atoms with Crippen LogP contribution in [0.4, 0.5) is 5.69 Å². The molecule has 4 heteroatoms. The number of aromatic amines is 1. The molecule has 4 nitrogen and oxygen atoms in total. The van der Waals surface area contributed by atoms with E-state index in [0.717, 1.165) is 18.5 Å². The van der Waals surface area contributed by atoms with E-state index in [9.17, 15) is 9.59 Å². The van der Waals surface area contributed by atoms with Crippen LogP contribution in [0.25, 0.3) is 0 Å². The van der Waals surface area contributed by atoms with Crippen molar-refractivity contribution in [3.63, 3.8) is 0 Å². The summed E-state index contributed by atoms with van der Waals surface area (Å²) in [4.78, 5) is 25.5. The number of carbonyl (C=O) groups excluding carboxylic acids is 1. The second-order valence-electron chi connectivity index (χ2n) is 4.34. The van der Waals surface area contributed by atoms with E-state index in [1.165, 1.54) is 17.8 Å². The van der Waals surface area contributed by atoms with Crippen LogP contribution in [-0.4, -0.2) is 10.9 Å². The predicted molar refractivity (Wildman–Crippen MR) is 75.5 cm³/mol. The van der Waals surface area contributed by atoms with Crippen molar-refractivity contribution in [2.45, 2.75) is 19.8 Å². The number of H-pyrrole nitrogens is 1. The van der Waals surface area contributed by atoms with Crippen LogP contribution in [0.1, 0.15) is 29.3 Å². The van der Waals surface area contributed by atoms with Crippen LogP contribution in [0.5, 0.6) is 0 Å². The highest BCUT2D eigenvalue weighted by atomic mass is 16.2. The molecule has 2 N–H and O–H groups in total. The summed E-state index contributed by atoms with van der Waals surface area (Å²) in [7, 11) is 0. The summed E-state index contributed by atoms with van der Waals surface area (Å²) < 4.78 is 0. The zero-order valence-electron chi connectivity index (χ0n) is 10.8. The number of nitrogens with one attached hydrogen (secondary N) is 2. The van der Waals surface area contributed by atoms with E-state index in [-0.39, 0.29) is 11.5 Å². The van der Waals surface area contributed by atoms with Crippen LogP contribution in [0.15, 0.2) is 47.4 Å². The topological polar surface area (TPSA) is 62.0 Å². The Labute approximate surface area is 111 Å². The van der Waals surface area contributed by atoms with Crippen LogP contribution in [0, 0.1) is 0 Å². The van der Waals surface area contributed by atoms with Gasteiger partial charge in [-0.25, -0.2) is 0 Å². The number of aromatic nitrogens is 1. The minimum Gasteiger partial charge on any atom is -0.329 e. The van der Waals surface area contributed by atoms with Gasteiger partial charge in [-0.15, -0.1) is 0 Å². The fourth-order valence-electron chi connectivity index (χ4n) is 1.83. The van der Waals surface area contributed by atoms with Gasteiger partial charge in [0.2, 0.25) is 5.56 Å². The molecular weight excluding hydrogens is 240 g/mol. The number of benzene rings is 1. The Morgan fingerprint density at radius 3 is 2.58 bits per heavy atom. The van der Waals surface area contributed by atoms with Crippen LogP contribution in [0.3, 0.4) is 0 Å². The molecule has 0 unspecified atom stereocenters. The van der Waals surface area contributed by atoms with E-state index >= 15 is 0 Å². The Morgan fingerprint density at radius 1 is 1.21 bits per heavy atom. The van der Waals surface area contributed by atoms with Gasteiger partial charge in [-0.05, 0) is 30.2 Å². The third kappa shape index (κ3) is 3.55. The largest absolute Gasteiger partial charge is 0.329 e. The van der Waals surface area contributed by atoms with Gasteiger partial charge in [-0.2, -0.15) is 0 Å². The van der Waals surface area contributed by atoms with Gasteiger partial charge in [-0.3, -0.25) is 9.59 Å². The Balaban J connectivity index is 2.08. The first-order valence-corrected chi connectivity index (χ1v) is 6.28. The number of carbonyl (C=O) groups is 1. The lowest BCUT2D eigenvalue weighted by atomic mass is 10.1. The lowest BCUT2D eigenvalue weighted by molar-refractivity contribution is 0.102. The Morgan fingerprint density at radius 2 is 1.95 bits per heavy atom. The molecule has 0 aliphatic heterocycles. The second kappa shape index (κ2) is 6.00. The molecule has 0 fully saturated rings. The minimum absolute atomic E-state index is 0.283. The molecule has 0 atom stereocenters. The van der Waals surface area contributed by atoms with Gasteiger partial charge in [0.15, 0.2) is 0 Å². The van der Waals surface area contributed by atoms with Crippen molar-refractivity contribution in [3.05, 3.63) is 64.1 Å². The first kappa shape index (κ1) is 13.1. The lowest BCUT2D eigenvalue weighted by Gasteiger charge is -2.06. The Bertz CT molecular complexity index is 615. The highest BCUT2D eigenvalue weighted by molar-refractivity contribution is 6.04. The molecular formula is C15H16N2O2. The number of anilines is 1. The van der Waals surface area contributed by atoms with Gasteiger partial charge in [0.05, 0.1) is 0 Å². The molecule has 0 aliphatic rings. The quantitative estimate of drug-likeness (QED) is 0.883. The van der Waals surface area contributed by atoms with Crippen molar-refractivity contribution in [2.75, 3.05) is 5.32 Å². The van der Waals surface area contributed by atoms with Crippen LogP contribution in [0.2, 0.25) is 0 Å². The average Bonchev–Trinajstić information content (AvgIpc) is 2.41. The highest BCUT2D eigenvalue weighted by Crippen LogP contribution is 2.12. The highest BCUT2D eigenvalue weighted by Gasteiger charge is 2.06.